The predicted molar refractivity (Wildman–Crippen MR) is 28.3 cm³/mol. The van der Waals surface area contributed by atoms with Gasteiger partial charge in [0.15, 0.2) is 5.25 Å². The number of rotatable bonds is 1. The molecule has 1 heterocycles. The highest BCUT2D eigenvalue weighted by Crippen LogP contribution is 2.16. The molecule has 1 aliphatic heterocycles. The molecule has 0 aromatic rings. The van der Waals surface area contributed by atoms with Gasteiger partial charge in [0.05, 0.1) is 0 Å². The molecule has 1 rings (SSSR count). The van der Waals surface area contributed by atoms with Crippen LogP contribution in [0.3, 0.4) is 0 Å². The van der Waals surface area contributed by atoms with Crippen molar-refractivity contribution in [3.63, 3.8) is 0 Å². The molecular weight excluding hydrogens is 128 g/mol. The minimum Gasteiger partial charge on any atom is -0.362 e. The van der Waals surface area contributed by atoms with E-state index < -0.39 is 11.1 Å². The molecule has 46 valence electrons. The molecular formula is C4H6O3S. The molecule has 0 amide bonds. The molecule has 1 saturated heterocycles. The van der Waals surface area contributed by atoms with Crippen molar-refractivity contribution in [1.82, 2.24) is 0 Å². The average molecular weight is 134 g/mol. The summed E-state index contributed by atoms with van der Waals surface area (Å²) in [5.41, 5.74) is 0. The van der Waals surface area contributed by atoms with Crippen LogP contribution < -0.4 is 0 Å². The van der Waals surface area contributed by atoms with Gasteiger partial charge in [0.25, 0.3) is 0 Å². The van der Waals surface area contributed by atoms with E-state index in [0.29, 0.717) is 6.42 Å². The molecule has 0 saturated carbocycles. The summed E-state index contributed by atoms with van der Waals surface area (Å²) in [5.74, 6) is -0.328. The molecule has 1 fully saturated rings. The van der Waals surface area contributed by atoms with E-state index in [0.717, 1.165) is 0 Å². The van der Waals surface area contributed by atoms with Gasteiger partial charge < -0.3 is 4.18 Å². The molecule has 0 aliphatic carbocycles. The zero-order valence-electron chi connectivity index (χ0n) is 4.42. The van der Waals surface area contributed by atoms with Gasteiger partial charge in [-0.25, -0.2) is 9.00 Å². The standard InChI is InChI=1S/C4H6O3S/c1-2-3-4(5)7-8(3)6/h3H,2H2,1H3. The van der Waals surface area contributed by atoms with Crippen LogP contribution in [-0.4, -0.2) is 15.4 Å². The third-order valence-electron chi connectivity index (χ3n) is 1.03. The number of carbonyl (C=O) groups is 1. The van der Waals surface area contributed by atoms with Crippen molar-refractivity contribution < 1.29 is 13.2 Å². The SMILES string of the molecule is CCC1C(=O)OS1=O. The van der Waals surface area contributed by atoms with Gasteiger partial charge in [-0.05, 0) is 6.42 Å². The average Bonchev–Trinajstić information content (AvgIpc) is 1.67. The summed E-state index contributed by atoms with van der Waals surface area (Å²) >= 11 is -1.31. The first-order valence-electron chi connectivity index (χ1n) is 2.38. The van der Waals surface area contributed by atoms with E-state index in [4.69, 9.17) is 0 Å². The Kier molecular flexibility index (Phi) is 1.33. The van der Waals surface area contributed by atoms with Gasteiger partial charge in [-0.1, -0.05) is 6.92 Å². The van der Waals surface area contributed by atoms with Crippen LogP contribution in [0.4, 0.5) is 0 Å². The second kappa shape index (κ2) is 1.85. The molecule has 0 spiro atoms. The molecule has 2 atom stereocenters. The van der Waals surface area contributed by atoms with Crippen LogP contribution in [0, 0.1) is 0 Å². The van der Waals surface area contributed by atoms with Gasteiger partial charge >= 0.3 is 5.97 Å². The normalized spacial score (nSPS) is 35.9. The van der Waals surface area contributed by atoms with Gasteiger partial charge in [0.1, 0.15) is 0 Å². The molecule has 4 heteroatoms. The number of carbonyl (C=O) groups excluding carboxylic acids is 1. The molecule has 0 aromatic carbocycles. The van der Waals surface area contributed by atoms with E-state index >= 15 is 0 Å². The van der Waals surface area contributed by atoms with E-state index in [1.165, 1.54) is 0 Å². The van der Waals surface area contributed by atoms with Crippen LogP contribution in [0.15, 0.2) is 0 Å². The Hall–Kier alpha value is -0.380. The first kappa shape index (κ1) is 5.75. The van der Waals surface area contributed by atoms with E-state index in [9.17, 15) is 9.00 Å². The molecule has 2 unspecified atom stereocenters. The van der Waals surface area contributed by atoms with Gasteiger partial charge in [-0.2, -0.15) is 0 Å². The summed E-state index contributed by atoms with van der Waals surface area (Å²) in [6.07, 6.45) is 0.617. The largest absolute Gasteiger partial charge is 0.362 e. The lowest BCUT2D eigenvalue weighted by Crippen LogP contribution is -2.40. The second-order valence-electron chi connectivity index (χ2n) is 1.56. The topological polar surface area (TPSA) is 43.4 Å². The first-order valence-corrected chi connectivity index (χ1v) is 3.52. The smallest absolute Gasteiger partial charge is 0.339 e. The summed E-state index contributed by atoms with van der Waals surface area (Å²) < 4.78 is 14.5. The van der Waals surface area contributed by atoms with Crippen LogP contribution in [0.25, 0.3) is 0 Å². The summed E-state index contributed by atoms with van der Waals surface area (Å²) in [6, 6.07) is 0. The lowest BCUT2D eigenvalue weighted by molar-refractivity contribution is -0.137. The molecule has 0 bridgehead atoms. The maximum atomic E-state index is 10.3. The van der Waals surface area contributed by atoms with Gasteiger partial charge in [-0.3, -0.25) is 0 Å². The van der Waals surface area contributed by atoms with Crippen LogP contribution in [0.5, 0.6) is 0 Å². The molecule has 1 aliphatic rings. The maximum Gasteiger partial charge on any atom is 0.339 e. The third kappa shape index (κ3) is 0.647. The molecule has 0 aromatic heterocycles. The van der Waals surface area contributed by atoms with Crippen LogP contribution >= 0.6 is 0 Å². The summed E-state index contributed by atoms with van der Waals surface area (Å²) in [6.45, 7) is 1.81. The highest BCUT2D eigenvalue weighted by molar-refractivity contribution is 7.84. The Balaban J connectivity index is 2.52. The third-order valence-corrected chi connectivity index (χ3v) is 2.35. The highest BCUT2D eigenvalue weighted by Gasteiger charge is 2.38. The fourth-order valence-corrected chi connectivity index (χ4v) is 1.26. The van der Waals surface area contributed by atoms with Crippen molar-refractivity contribution in [2.75, 3.05) is 0 Å². The molecule has 0 radical (unpaired) electrons. The van der Waals surface area contributed by atoms with Crippen molar-refractivity contribution in [2.24, 2.45) is 0 Å². The van der Waals surface area contributed by atoms with Crippen molar-refractivity contribution >= 4 is 17.0 Å². The number of hydrogen-bond donors (Lipinski definition) is 0. The van der Waals surface area contributed by atoms with E-state index in [-0.39, 0.29) is 11.2 Å². The Morgan fingerprint density at radius 3 is 2.62 bits per heavy atom. The Morgan fingerprint density at radius 2 is 2.50 bits per heavy atom. The Morgan fingerprint density at radius 1 is 1.88 bits per heavy atom. The minimum absolute atomic E-state index is 0.328. The maximum absolute atomic E-state index is 10.3. The summed E-state index contributed by atoms with van der Waals surface area (Å²) in [5, 5.41) is -0.338. The van der Waals surface area contributed by atoms with Crippen LogP contribution in [-0.2, 0) is 20.1 Å². The monoisotopic (exact) mass is 134 g/mol. The van der Waals surface area contributed by atoms with E-state index in [2.05, 4.69) is 4.18 Å². The fraction of sp³-hybridized carbons (Fsp3) is 0.750. The first-order chi connectivity index (χ1) is 3.75. The van der Waals surface area contributed by atoms with Gasteiger partial charge in [-0.15, -0.1) is 0 Å². The zero-order chi connectivity index (χ0) is 6.15. The zero-order valence-corrected chi connectivity index (χ0v) is 5.23. The lowest BCUT2D eigenvalue weighted by atomic mass is 10.3. The van der Waals surface area contributed by atoms with Crippen molar-refractivity contribution in [2.45, 2.75) is 18.6 Å². The highest BCUT2D eigenvalue weighted by atomic mass is 32.2. The summed E-state index contributed by atoms with van der Waals surface area (Å²) in [7, 11) is 0. The van der Waals surface area contributed by atoms with Crippen molar-refractivity contribution in [3.8, 4) is 0 Å². The lowest BCUT2D eigenvalue weighted by Gasteiger charge is -2.19. The van der Waals surface area contributed by atoms with Gasteiger partial charge in [0.2, 0.25) is 11.1 Å². The van der Waals surface area contributed by atoms with Crippen molar-refractivity contribution in [1.29, 1.82) is 0 Å². The predicted octanol–water partition coefficient (Wildman–Crippen LogP) is -0.0145. The molecule has 0 N–H and O–H groups in total. The Labute approximate surface area is 49.7 Å². The summed E-state index contributed by atoms with van der Waals surface area (Å²) in [4.78, 5) is 10.3. The Bertz CT molecular complexity index is 128. The van der Waals surface area contributed by atoms with Crippen LogP contribution in [0.1, 0.15) is 13.3 Å². The molecule has 3 nitrogen and oxygen atoms in total. The van der Waals surface area contributed by atoms with Crippen molar-refractivity contribution in [3.05, 3.63) is 0 Å². The fourth-order valence-electron chi connectivity index (χ4n) is 0.531. The minimum atomic E-state index is -1.31. The van der Waals surface area contributed by atoms with E-state index in [1.54, 1.807) is 0 Å². The van der Waals surface area contributed by atoms with Crippen LogP contribution in [0.2, 0.25) is 0 Å². The molecule has 8 heavy (non-hydrogen) atoms. The number of hydrogen-bond acceptors (Lipinski definition) is 3. The van der Waals surface area contributed by atoms with E-state index in [1.807, 2.05) is 6.92 Å². The quantitative estimate of drug-likeness (QED) is 0.506. The second-order valence-corrected chi connectivity index (χ2v) is 2.82. The van der Waals surface area contributed by atoms with Gasteiger partial charge in [0, 0.05) is 0 Å².